The van der Waals surface area contributed by atoms with E-state index in [9.17, 15) is 4.79 Å². The summed E-state index contributed by atoms with van der Waals surface area (Å²) < 4.78 is 0. The molecule has 0 aromatic rings. The second-order valence-corrected chi connectivity index (χ2v) is 4.78. The molecule has 3 nitrogen and oxygen atoms in total. The van der Waals surface area contributed by atoms with Crippen LogP contribution in [0.2, 0.25) is 0 Å². The third-order valence-corrected chi connectivity index (χ3v) is 2.45. The molecule has 1 heterocycles. The summed E-state index contributed by atoms with van der Waals surface area (Å²) >= 11 is 0. The first kappa shape index (κ1) is 11.2. The summed E-state index contributed by atoms with van der Waals surface area (Å²) in [7, 11) is 0. The van der Waals surface area contributed by atoms with Gasteiger partial charge >= 0.3 is 0 Å². The minimum absolute atomic E-state index is 0.00810. The smallest absolute Gasteiger partial charge is 0.251 e. The molecule has 0 saturated carbocycles. The minimum atomic E-state index is 0.00810. The van der Waals surface area contributed by atoms with Gasteiger partial charge in [-0.2, -0.15) is 5.10 Å². The zero-order valence-electron chi connectivity index (χ0n) is 9.74. The SMILES string of the molecule is CC1=NN(CC(C)C)C(=O)C1C(C)C. The summed E-state index contributed by atoms with van der Waals surface area (Å²) in [5, 5.41) is 5.94. The highest BCUT2D eigenvalue weighted by Crippen LogP contribution is 2.23. The maximum absolute atomic E-state index is 11.9. The number of nitrogens with zero attached hydrogens (tertiary/aromatic N) is 2. The van der Waals surface area contributed by atoms with Gasteiger partial charge in [0.15, 0.2) is 0 Å². The van der Waals surface area contributed by atoms with E-state index in [0.29, 0.717) is 11.8 Å². The van der Waals surface area contributed by atoms with Gasteiger partial charge in [-0.25, -0.2) is 5.01 Å². The molecule has 3 heteroatoms. The third-order valence-electron chi connectivity index (χ3n) is 2.45. The zero-order chi connectivity index (χ0) is 10.9. The Bertz CT molecular complexity index is 256. The summed E-state index contributed by atoms with van der Waals surface area (Å²) in [6, 6.07) is 0. The molecule has 0 radical (unpaired) electrons. The van der Waals surface area contributed by atoms with Crippen LogP contribution in [0.25, 0.3) is 0 Å². The van der Waals surface area contributed by atoms with Crippen molar-refractivity contribution >= 4 is 11.6 Å². The van der Waals surface area contributed by atoms with E-state index in [1.165, 1.54) is 0 Å². The van der Waals surface area contributed by atoms with Crippen molar-refractivity contribution in [3.63, 3.8) is 0 Å². The van der Waals surface area contributed by atoms with E-state index in [4.69, 9.17) is 0 Å². The van der Waals surface area contributed by atoms with Gasteiger partial charge in [0.25, 0.3) is 5.91 Å². The molecule has 1 aliphatic rings. The van der Waals surface area contributed by atoms with Crippen LogP contribution in [0.3, 0.4) is 0 Å². The Morgan fingerprint density at radius 3 is 2.29 bits per heavy atom. The van der Waals surface area contributed by atoms with Gasteiger partial charge in [0.2, 0.25) is 0 Å². The van der Waals surface area contributed by atoms with Crippen molar-refractivity contribution in [1.29, 1.82) is 0 Å². The molecule has 1 amide bonds. The van der Waals surface area contributed by atoms with Crippen LogP contribution >= 0.6 is 0 Å². The molecule has 80 valence electrons. The van der Waals surface area contributed by atoms with Gasteiger partial charge in [0.05, 0.1) is 5.92 Å². The van der Waals surface area contributed by atoms with Crippen LogP contribution in [-0.2, 0) is 4.79 Å². The Morgan fingerprint density at radius 2 is 1.93 bits per heavy atom. The molecule has 0 saturated heterocycles. The van der Waals surface area contributed by atoms with Crippen molar-refractivity contribution in [2.45, 2.75) is 34.6 Å². The van der Waals surface area contributed by atoms with E-state index < -0.39 is 0 Å². The first-order valence-corrected chi connectivity index (χ1v) is 5.30. The lowest BCUT2D eigenvalue weighted by atomic mass is 9.92. The van der Waals surface area contributed by atoms with Crippen molar-refractivity contribution in [1.82, 2.24) is 5.01 Å². The normalized spacial score (nSPS) is 22.5. The van der Waals surface area contributed by atoms with Gasteiger partial charge < -0.3 is 0 Å². The Kier molecular flexibility index (Phi) is 3.29. The Morgan fingerprint density at radius 1 is 1.36 bits per heavy atom. The predicted molar refractivity (Wildman–Crippen MR) is 58.0 cm³/mol. The van der Waals surface area contributed by atoms with Crippen LogP contribution < -0.4 is 0 Å². The number of rotatable bonds is 3. The summed E-state index contributed by atoms with van der Waals surface area (Å²) in [5.74, 6) is 1.00. The van der Waals surface area contributed by atoms with Gasteiger partial charge in [0, 0.05) is 12.3 Å². The van der Waals surface area contributed by atoms with Crippen LogP contribution in [-0.4, -0.2) is 23.2 Å². The Hall–Kier alpha value is -0.860. The van der Waals surface area contributed by atoms with Crippen molar-refractivity contribution in [3.8, 4) is 0 Å². The lowest BCUT2D eigenvalue weighted by Gasteiger charge is -2.17. The molecule has 14 heavy (non-hydrogen) atoms. The molecule has 1 rings (SSSR count). The van der Waals surface area contributed by atoms with Crippen molar-refractivity contribution in [2.24, 2.45) is 22.9 Å². The molecule has 0 fully saturated rings. The largest absolute Gasteiger partial charge is 0.272 e. The van der Waals surface area contributed by atoms with Crippen LogP contribution in [0.5, 0.6) is 0 Å². The highest BCUT2D eigenvalue weighted by Gasteiger charge is 2.35. The Balaban J connectivity index is 2.73. The molecule has 1 aliphatic heterocycles. The third kappa shape index (κ3) is 2.14. The fourth-order valence-electron chi connectivity index (χ4n) is 1.89. The number of hydrogen-bond donors (Lipinski definition) is 0. The molecule has 0 aromatic carbocycles. The van der Waals surface area contributed by atoms with Crippen molar-refractivity contribution < 1.29 is 4.79 Å². The molecule has 0 N–H and O–H groups in total. The van der Waals surface area contributed by atoms with E-state index in [0.717, 1.165) is 12.3 Å². The topological polar surface area (TPSA) is 32.7 Å². The van der Waals surface area contributed by atoms with E-state index in [2.05, 4.69) is 32.8 Å². The lowest BCUT2D eigenvalue weighted by molar-refractivity contribution is -0.133. The Labute approximate surface area is 86.2 Å². The zero-order valence-corrected chi connectivity index (χ0v) is 9.74. The number of carbonyl (C=O) groups is 1. The van der Waals surface area contributed by atoms with Crippen LogP contribution in [0.15, 0.2) is 5.10 Å². The summed E-state index contributed by atoms with van der Waals surface area (Å²) in [6.45, 7) is 11.0. The molecule has 0 spiro atoms. The standard InChI is InChI=1S/C11H20N2O/c1-7(2)6-13-11(14)10(8(3)4)9(5)12-13/h7-8,10H,6H2,1-5H3. The highest BCUT2D eigenvalue weighted by atomic mass is 16.2. The van der Waals surface area contributed by atoms with Crippen molar-refractivity contribution in [2.75, 3.05) is 6.54 Å². The monoisotopic (exact) mass is 196 g/mol. The second kappa shape index (κ2) is 4.11. The fraction of sp³-hybridized carbons (Fsp3) is 0.818. The van der Waals surface area contributed by atoms with Crippen LogP contribution in [0.4, 0.5) is 0 Å². The molecule has 0 aromatic heterocycles. The molecule has 0 bridgehead atoms. The number of amides is 1. The van der Waals surface area contributed by atoms with E-state index >= 15 is 0 Å². The second-order valence-electron chi connectivity index (χ2n) is 4.78. The molecule has 1 atom stereocenters. The van der Waals surface area contributed by atoms with E-state index in [1.807, 2.05) is 6.92 Å². The maximum Gasteiger partial charge on any atom is 0.251 e. The quantitative estimate of drug-likeness (QED) is 0.680. The average molecular weight is 196 g/mol. The molecule has 1 unspecified atom stereocenters. The van der Waals surface area contributed by atoms with Gasteiger partial charge in [-0.3, -0.25) is 4.79 Å². The first-order valence-electron chi connectivity index (χ1n) is 5.30. The lowest BCUT2D eigenvalue weighted by Crippen LogP contribution is -2.32. The minimum Gasteiger partial charge on any atom is -0.272 e. The summed E-state index contributed by atoms with van der Waals surface area (Å²) in [4.78, 5) is 11.9. The molecular weight excluding hydrogens is 176 g/mol. The predicted octanol–water partition coefficient (Wildman–Crippen LogP) is 2.13. The van der Waals surface area contributed by atoms with Gasteiger partial charge in [-0.1, -0.05) is 27.7 Å². The van der Waals surface area contributed by atoms with Gasteiger partial charge in [-0.15, -0.1) is 0 Å². The van der Waals surface area contributed by atoms with E-state index in [1.54, 1.807) is 5.01 Å². The first-order chi connectivity index (χ1) is 6.43. The number of hydrogen-bond acceptors (Lipinski definition) is 2. The van der Waals surface area contributed by atoms with Gasteiger partial charge in [0.1, 0.15) is 0 Å². The summed E-state index contributed by atoms with van der Waals surface area (Å²) in [5.41, 5.74) is 0.964. The van der Waals surface area contributed by atoms with Crippen molar-refractivity contribution in [3.05, 3.63) is 0 Å². The molecule has 0 aliphatic carbocycles. The van der Waals surface area contributed by atoms with Crippen LogP contribution in [0, 0.1) is 17.8 Å². The van der Waals surface area contributed by atoms with Gasteiger partial charge in [-0.05, 0) is 18.8 Å². The number of carbonyl (C=O) groups excluding carboxylic acids is 1. The van der Waals surface area contributed by atoms with E-state index in [-0.39, 0.29) is 11.8 Å². The summed E-state index contributed by atoms with van der Waals surface area (Å²) in [6.07, 6.45) is 0. The molecular formula is C11H20N2O. The number of hydrazone groups is 1. The fourth-order valence-corrected chi connectivity index (χ4v) is 1.89. The highest BCUT2D eigenvalue weighted by molar-refractivity contribution is 6.07. The maximum atomic E-state index is 11.9. The average Bonchev–Trinajstić information content (AvgIpc) is 2.25. The van der Waals surface area contributed by atoms with Crippen LogP contribution in [0.1, 0.15) is 34.6 Å².